The van der Waals surface area contributed by atoms with Crippen molar-refractivity contribution in [2.75, 3.05) is 25.0 Å². The SMILES string of the molecule is O=C(O)CCCOc1ccc(NCC(=O)N(CCc2ccccc2)NC(=O)Cc2cccc(Cl)c2)cc1. The average molecular weight is 524 g/mol. The van der Waals surface area contributed by atoms with E-state index in [9.17, 15) is 14.4 Å². The first-order valence-corrected chi connectivity index (χ1v) is 12.3. The topological polar surface area (TPSA) is 108 Å². The highest BCUT2D eigenvalue weighted by Crippen LogP contribution is 2.16. The third kappa shape index (κ3) is 10.2. The van der Waals surface area contributed by atoms with Gasteiger partial charge in [0.1, 0.15) is 5.75 Å². The van der Waals surface area contributed by atoms with E-state index in [-0.39, 0.29) is 31.2 Å². The summed E-state index contributed by atoms with van der Waals surface area (Å²) < 4.78 is 5.53. The van der Waals surface area contributed by atoms with Crippen LogP contribution in [0.5, 0.6) is 5.75 Å². The van der Waals surface area contributed by atoms with Gasteiger partial charge in [0, 0.05) is 23.7 Å². The molecule has 8 nitrogen and oxygen atoms in total. The first kappa shape index (κ1) is 27.5. The maximum Gasteiger partial charge on any atom is 0.303 e. The molecule has 0 saturated heterocycles. The number of nitrogens with one attached hydrogen (secondary N) is 2. The van der Waals surface area contributed by atoms with Gasteiger partial charge in [-0.15, -0.1) is 0 Å². The number of amides is 2. The lowest BCUT2D eigenvalue weighted by molar-refractivity contribution is -0.139. The third-order valence-electron chi connectivity index (χ3n) is 5.38. The molecule has 194 valence electrons. The maximum atomic E-state index is 13.0. The molecule has 0 aliphatic carbocycles. The molecule has 37 heavy (non-hydrogen) atoms. The standard InChI is InChI=1S/C28H30ClN3O5/c29-23-9-4-8-22(18-23)19-26(33)31-32(16-15-21-6-2-1-3-7-21)27(34)20-30-24-11-13-25(14-12-24)37-17-5-10-28(35)36/h1-4,6-9,11-14,18,30H,5,10,15-17,19-20H2,(H,31,33)(H,35,36). The number of anilines is 1. The van der Waals surface area contributed by atoms with Crippen LogP contribution in [0.15, 0.2) is 78.9 Å². The number of carbonyl (C=O) groups excluding carboxylic acids is 2. The molecule has 3 rings (SSSR count). The van der Waals surface area contributed by atoms with Gasteiger partial charge in [0.15, 0.2) is 0 Å². The second-order valence-corrected chi connectivity index (χ2v) is 8.78. The van der Waals surface area contributed by atoms with Crippen LogP contribution >= 0.6 is 11.6 Å². The van der Waals surface area contributed by atoms with Gasteiger partial charge in [-0.05, 0) is 60.4 Å². The highest BCUT2D eigenvalue weighted by Gasteiger charge is 2.17. The summed E-state index contributed by atoms with van der Waals surface area (Å²) in [7, 11) is 0. The van der Waals surface area contributed by atoms with Crippen LogP contribution in [0, 0.1) is 0 Å². The molecule has 0 radical (unpaired) electrons. The number of halogens is 1. The number of carbonyl (C=O) groups is 3. The van der Waals surface area contributed by atoms with E-state index in [0.29, 0.717) is 42.5 Å². The van der Waals surface area contributed by atoms with E-state index in [1.54, 1.807) is 42.5 Å². The Labute approximate surface area is 221 Å². The van der Waals surface area contributed by atoms with Crippen molar-refractivity contribution in [3.05, 3.63) is 95.0 Å². The molecule has 0 saturated carbocycles. The zero-order valence-electron chi connectivity index (χ0n) is 20.4. The van der Waals surface area contributed by atoms with E-state index in [1.807, 2.05) is 36.4 Å². The van der Waals surface area contributed by atoms with Crippen molar-refractivity contribution in [2.24, 2.45) is 0 Å². The van der Waals surface area contributed by atoms with Gasteiger partial charge in [-0.3, -0.25) is 24.8 Å². The monoisotopic (exact) mass is 523 g/mol. The fraction of sp³-hybridized carbons (Fsp3) is 0.250. The quantitative estimate of drug-likeness (QED) is 0.227. The van der Waals surface area contributed by atoms with E-state index >= 15 is 0 Å². The summed E-state index contributed by atoms with van der Waals surface area (Å²) in [6.07, 6.45) is 1.15. The zero-order valence-corrected chi connectivity index (χ0v) is 21.1. The highest BCUT2D eigenvalue weighted by atomic mass is 35.5. The number of benzene rings is 3. The Balaban J connectivity index is 1.55. The van der Waals surface area contributed by atoms with Crippen molar-refractivity contribution >= 4 is 35.1 Å². The van der Waals surface area contributed by atoms with Crippen LogP contribution in [0.2, 0.25) is 5.02 Å². The number of carboxylic acid groups (broad SMARTS) is 1. The second kappa shape index (κ2) is 14.5. The maximum absolute atomic E-state index is 13.0. The van der Waals surface area contributed by atoms with Gasteiger partial charge >= 0.3 is 5.97 Å². The largest absolute Gasteiger partial charge is 0.494 e. The number of nitrogens with zero attached hydrogens (tertiary/aromatic N) is 1. The normalized spacial score (nSPS) is 10.4. The van der Waals surface area contributed by atoms with Crippen LogP contribution in [0.25, 0.3) is 0 Å². The van der Waals surface area contributed by atoms with E-state index < -0.39 is 5.97 Å². The summed E-state index contributed by atoms with van der Waals surface area (Å²) in [6.45, 7) is 0.600. The van der Waals surface area contributed by atoms with E-state index in [4.69, 9.17) is 21.4 Å². The Bertz CT molecular complexity index is 1170. The third-order valence-corrected chi connectivity index (χ3v) is 5.62. The lowest BCUT2D eigenvalue weighted by Crippen LogP contribution is -2.49. The lowest BCUT2D eigenvalue weighted by Gasteiger charge is -2.24. The van der Waals surface area contributed by atoms with Crippen molar-refractivity contribution in [1.82, 2.24) is 10.4 Å². The molecule has 0 fully saturated rings. The lowest BCUT2D eigenvalue weighted by atomic mass is 10.1. The molecule has 0 unspecified atom stereocenters. The smallest absolute Gasteiger partial charge is 0.303 e. The first-order chi connectivity index (χ1) is 17.9. The van der Waals surface area contributed by atoms with Crippen LogP contribution in [0.3, 0.4) is 0 Å². The fourth-order valence-corrected chi connectivity index (χ4v) is 3.72. The average Bonchev–Trinajstić information content (AvgIpc) is 2.89. The summed E-state index contributed by atoms with van der Waals surface area (Å²) in [5, 5.41) is 13.6. The molecular weight excluding hydrogens is 494 g/mol. The molecule has 3 aromatic carbocycles. The molecule has 0 heterocycles. The first-order valence-electron chi connectivity index (χ1n) is 12.0. The molecule has 0 aromatic heterocycles. The van der Waals surface area contributed by atoms with Crippen LogP contribution < -0.4 is 15.5 Å². The molecule has 0 atom stereocenters. The molecule has 3 aromatic rings. The van der Waals surface area contributed by atoms with Crippen molar-refractivity contribution in [3.8, 4) is 5.75 Å². The van der Waals surface area contributed by atoms with Gasteiger partial charge in [0.25, 0.3) is 5.91 Å². The number of carboxylic acids is 1. The summed E-state index contributed by atoms with van der Waals surface area (Å²) >= 11 is 6.02. The predicted molar refractivity (Wildman–Crippen MR) is 142 cm³/mol. The van der Waals surface area contributed by atoms with Gasteiger partial charge in [-0.25, -0.2) is 0 Å². The van der Waals surface area contributed by atoms with Crippen molar-refractivity contribution in [3.63, 3.8) is 0 Å². The fourth-order valence-electron chi connectivity index (χ4n) is 3.51. The Morgan fingerprint density at radius 2 is 1.65 bits per heavy atom. The minimum absolute atomic E-state index is 0.0228. The number of hydrazine groups is 1. The number of aliphatic carboxylic acids is 1. The summed E-state index contributed by atoms with van der Waals surface area (Å²) in [4.78, 5) is 36.3. The summed E-state index contributed by atoms with van der Waals surface area (Å²) in [5.74, 6) is -0.844. The van der Waals surface area contributed by atoms with Crippen LogP contribution in [-0.4, -0.2) is 47.6 Å². The Morgan fingerprint density at radius 3 is 2.35 bits per heavy atom. The Kier molecular flexibility index (Phi) is 10.8. The minimum atomic E-state index is -0.855. The molecule has 0 spiro atoms. The van der Waals surface area contributed by atoms with Crippen LogP contribution in [0.4, 0.5) is 5.69 Å². The second-order valence-electron chi connectivity index (χ2n) is 8.35. The van der Waals surface area contributed by atoms with E-state index in [2.05, 4.69) is 10.7 Å². The molecule has 9 heteroatoms. The van der Waals surface area contributed by atoms with Gasteiger partial charge in [0.2, 0.25) is 5.91 Å². The van der Waals surface area contributed by atoms with Crippen molar-refractivity contribution in [1.29, 1.82) is 0 Å². The predicted octanol–water partition coefficient (Wildman–Crippen LogP) is 4.34. The molecule has 0 aliphatic heterocycles. The van der Waals surface area contributed by atoms with Crippen molar-refractivity contribution in [2.45, 2.75) is 25.7 Å². The minimum Gasteiger partial charge on any atom is -0.494 e. The highest BCUT2D eigenvalue weighted by molar-refractivity contribution is 6.30. The molecule has 0 aliphatic rings. The zero-order chi connectivity index (χ0) is 26.5. The van der Waals surface area contributed by atoms with E-state index in [1.165, 1.54) is 5.01 Å². The summed E-state index contributed by atoms with van der Waals surface area (Å²) in [6, 6.07) is 23.8. The number of ether oxygens (including phenoxy) is 1. The van der Waals surface area contributed by atoms with Gasteiger partial charge in [0.05, 0.1) is 19.6 Å². The van der Waals surface area contributed by atoms with Crippen LogP contribution in [-0.2, 0) is 27.2 Å². The number of hydrogen-bond acceptors (Lipinski definition) is 5. The summed E-state index contributed by atoms with van der Waals surface area (Å²) in [5.41, 5.74) is 5.25. The molecular formula is C28H30ClN3O5. The Hall–Kier alpha value is -4.04. The molecule has 2 amide bonds. The van der Waals surface area contributed by atoms with Gasteiger partial charge in [-0.1, -0.05) is 54.1 Å². The molecule has 0 bridgehead atoms. The van der Waals surface area contributed by atoms with E-state index in [0.717, 1.165) is 11.1 Å². The van der Waals surface area contributed by atoms with Crippen molar-refractivity contribution < 1.29 is 24.2 Å². The molecule has 3 N–H and O–H groups in total. The number of rotatable bonds is 13. The van der Waals surface area contributed by atoms with Crippen LogP contribution in [0.1, 0.15) is 24.0 Å². The van der Waals surface area contributed by atoms with Gasteiger partial charge < -0.3 is 15.2 Å². The Morgan fingerprint density at radius 1 is 0.919 bits per heavy atom. The van der Waals surface area contributed by atoms with Gasteiger partial charge in [-0.2, -0.15) is 0 Å². The number of hydrogen-bond donors (Lipinski definition) is 3.